The summed E-state index contributed by atoms with van der Waals surface area (Å²) in [7, 11) is -0.0198. The predicted molar refractivity (Wildman–Crippen MR) is 67.4 cm³/mol. The van der Waals surface area contributed by atoms with Crippen molar-refractivity contribution in [3.8, 4) is 0 Å². The van der Waals surface area contributed by atoms with Crippen LogP contribution in [0.5, 0.6) is 0 Å². The van der Waals surface area contributed by atoms with Gasteiger partial charge in [0.25, 0.3) is 0 Å². The van der Waals surface area contributed by atoms with Crippen molar-refractivity contribution in [2.75, 3.05) is 0 Å². The number of rotatable bonds is 1. The van der Waals surface area contributed by atoms with Crippen molar-refractivity contribution in [2.45, 2.75) is 70.9 Å². The molecule has 0 aromatic heterocycles. The lowest BCUT2D eigenvalue weighted by atomic mass is 9.64. The first kappa shape index (κ1) is 12.2. The summed E-state index contributed by atoms with van der Waals surface area (Å²) in [4.78, 5) is 0. The molecular formula is C13H23BO2. The quantitative estimate of drug-likeness (QED) is 0.498. The second-order valence-corrected chi connectivity index (χ2v) is 6.22. The lowest BCUT2D eigenvalue weighted by Gasteiger charge is -2.32. The van der Waals surface area contributed by atoms with Crippen molar-refractivity contribution in [2.24, 2.45) is 0 Å². The van der Waals surface area contributed by atoms with Crippen LogP contribution in [0.2, 0.25) is 5.82 Å². The maximum atomic E-state index is 6.10. The fraction of sp³-hybridized carbons (Fsp3) is 0.846. The van der Waals surface area contributed by atoms with E-state index in [0.29, 0.717) is 5.82 Å². The van der Waals surface area contributed by atoms with Crippen molar-refractivity contribution >= 4 is 7.12 Å². The van der Waals surface area contributed by atoms with Gasteiger partial charge in [-0.15, -0.1) is 0 Å². The molecule has 1 aliphatic heterocycles. The summed E-state index contributed by atoms with van der Waals surface area (Å²) >= 11 is 0. The van der Waals surface area contributed by atoms with E-state index in [0.717, 1.165) is 6.42 Å². The second-order valence-electron chi connectivity index (χ2n) is 6.22. The highest BCUT2D eigenvalue weighted by Gasteiger charge is 2.53. The molecule has 1 saturated heterocycles. The molecule has 2 nitrogen and oxygen atoms in total. The Bertz CT molecular complexity index is 291. The third-order valence-electron chi connectivity index (χ3n) is 4.27. The zero-order chi connectivity index (χ0) is 12.0. The van der Waals surface area contributed by atoms with Gasteiger partial charge >= 0.3 is 7.12 Å². The average molecular weight is 222 g/mol. The van der Waals surface area contributed by atoms with Gasteiger partial charge in [-0.2, -0.15) is 0 Å². The molecule has 0 aromatic rings. The maximum absolute atomic E-state index is 6.10. The molecule has 0 radical (unpaired) electrons. The minimum atomic E-state index is -0.188. The smallest absolute Gasteiger partial charge is 0.403 e. The Morgan fingerprint density at radius 2 is 1.75 bits per heavy atom. The number of allylic oxidation sites excluding steroid dienone is 2. The van der Waals surface area contributed by atoms with Crippen molar-refractivity contribution < 1.29 is 9.31 Å². The van der Waals surface area contributed by atoms with Gasteiger partial charge in [0.1, 0.15) is 0 Å². The standard InChI is InChI=1S/C13H23BO2/c1-10-7-6-8-11(9-10)14-15-12(2,3)13(4,5)16-14/h7,11H,6,8-9H2,1-5H3. The molecule has 16 heavy (non-hydrogen) atoms. The predicted octanol–water partition coefficient (Wildman–Crippen LogP) is 3.58. The summed E-state index contributed by atoms with van der Waals surface area (Å²) in [5.41, 5.74) is 1.10. The first-order chi connectivity index (χ1) is 7.32. The minimum absolute atomic E-state index is 0.0198. The van der Waals surface area contributed by atoms with Gasteiger partial charge in [-0.25, -0.2) is 0 Å². The van der Waals surface area contributed by atoms with E-state index in [9.17, 15) is 0 Å². The van der Waals surface area contributed by atoms with Crippen LogP contribution in [-0.2, 0) is 9.31 Å². The van der Waals surface area contributed by atoms with E-state index >= 15 is 0 Å². The van der Waals surface area contributed by atoms with Gasteiger partial charge in [0.15, 0.2) is 0 Å². The van der Waals surface area contributed by atoms with Crippen LogP contribution in [0.25, 0.3) is 0 Å². The van der Waals surface area contributed by atoms with Gasteiger partial charge in [0.2, 0.25) is 0 Å². The molecule has 0 N–H and O–H groups in total. The molecule has 0 saturated carbocycles. The molecule has 1 aliphatic carbocycles. The molecule has 0 aromatic carbocycles. The van der Waals surface area contributed by atoms with Crippen molar-refractivity contribution in [1.29, 1.82) is 0 Å². The van der Waals surface area contributed by atoms with Crippen LogP contribution < -0.4 is 0 Å². The Hall–Kier alpha value is -0.275. The van der Waals surface area contributed by atoms with Gasteiger partial charge in [0, 0.05) is 0 Å². The van der Waals surface area contributed by atoms with Gasteiger partial charge in [-0.05, 0) is 59.7 Å². The molecule has 0 bridgehead atoms. The fourth-order valence-corrected chi connectivity index (χ4v) is 2.46. The first-order valence-corrected chi connectivity index (χ1v) is 6.33. The highest BCUT2D eigenvalue weighted by atomic mass is 16.7. The topological polar surface area (TPSA) is 18.5 Å². The largest absolute Gasteiger partial charge is 0.461 e. The summed E-state index contributed by atoms with van der Waals surface area (Å²) in [6.45, 7) is 10.7. The zero-order valence-electron chi connectivity index (χ0n) is 11.2. The molecule has 1 heterocycles. The van der Waals surface area contributed by atoms with Crippen LogP contribution >= 0.6 is 0 Å². The molecule has 3 heteroatoms. The number of hydrogen-bond acceptors (Lipinski definition) is 2. The number of hydrogen-bond donors (Lipinski definition) is 0. The fourth-order valence-electron chi connectivity index (χ4n) is 2.46. The van der Waals surface area contributed by atoms with E-state index in [1.807, 2.05) is 0 Å². The van der Waals surface area contributed by atoms with Crippen molar-refractivity contribution in [3.05, 3.63) is 11.6 Å². The third kappa shape index (κ3) is 2.08. The Morgan fingerprint density at radius 3 is 2.25 bits per heavy atom. The SMILES string of the molecule is CC1=CCCC(B2OC(C)(C)C(C)(C)O2)C1. The van der Waals surface area contributed by atoms with Crippen LogP contribution in [0, 0.1) is 0 Å². The van der Waals surface area contributed by atoms with Crippen LogP contribution in [0.1, 0.15) is 53.9 Å². The summed E-state index contributed by atoms with van der Waals surface area (Å²) in [6.07, 6.45) is 5.81. The van der Waals surface area contributed by atoms with Crippen LogP contribution in [0.15, 0.2) is 11.6 Å². The molecule has 0 amide bonds. The van der Waals surface area contributed by atoms with Crippen LogP contribution in [0.3, 0.4) is 0 Å². The molecule has 2 rings (SSSR count). The molecule has 2 aliphatic rings. The molecule has 1 unspecified atom stereocenters. The summed E-state index contributed by atoms with van der Waals surface area (Å²) in [6, 6.07) is 0. The summed E-state index contributed by atoms with van der Waals surface area (Å²) in [5, 5.41) is 0. The second kappa shape index (κ2) is 3.88. The maximum Gasteiger partial charge on any atom is 0.461 e. The summed E-state index contributed by atoms with van der Waals surface area (Å²) in [5.74, 6) is 0.533. The molecule has 0 spiro atoms. The van der Waals surface area contributed by atoms with Crippen molar-refractivity contribution in [3.63, 3.8) is 0 Å². The minimum Gasteiger partial charge on any atom is -0.403 e. The Balaban J connectivity index is 2.06. The first-order valence-electron chi connectivity index (χ1n) is 6.33. The van der Waals surface area contributed by atoms with E-state index in [-0.39, 0.29) is 18.3 Å². The van der Waals surface area contributed by atoms with E-state index in [1.54, 1.807) is 0 Å². The lowest BCUT2D eigenvalue weighted by Crippen LogP contribution is -2.41. The van der Waals surface area contributed by atoms with E-state index < -0.39 is 0 Å². The highest BCUT2D eigenvalue weighted by Crippen LogP contribution is 2.43. The summed E-state index contributed by atoms with van der Waals surface area (Å²) < 4.78 is 12.2. The van der Waals surface area contributed by atoms with E-state index in [4.69, 9.17) is 9.31 Å². The monoisotopic (exact) mass is 222 g/mol. The van der Waals surface area contributed by atoms with Gasteiger partial charge in [-0.1, -0.05) is 11.6 Å². The lowest BCUT2D eigenvalue weighted by molar-refractivity contribution is 0.00578. The average Bonchev–Trinajstić information content (AvgIpc) is 2.36. The Labute approximate surface area is 99.5 Å². The third-order valence-corrected chi connectivity index (χ3v) is 4.27. The van der Waals surface area contributed by atoms with E-state index in [2.05, 4.69) is 40.7 Å². The molecular weight excluding hydrogens is 199 g/mol. The van der Waals surface area contributed by atoms with E-state index in [1.165, 1.54) is 18.4 Å². The molecule has 1 atom stereocenters. The van der Waals surface area contributed by atoms with Gasteiger partial charge in [0.05, 0.1) is 11.2 Å². The highest BCUT2D eigenvalue weighted by molar-refractivity contribution is 6.47. The Kier molecular flexibility index (Phi) is 2.96. The molecule has 1 fully saturated rings. The van der Waals surface area contributed by atoms with Crippen LogP contribution in [-0.4, -0.2) is 18.3 Å². The zero-order valence-corrected chi connectivity index (χ0v) is 11.2. The van der Waals surface area contributed by atoms with Crippen molar-refractivity contribution in [1.82, 2.24) is 0 Å². The normalized spacial score (nSPS) is 32.7. The Morgan fingerprint density at radius 1 is 1.19 bits per heavy atom. The van der Waals surface area contributed by atoms with Crippen LogP contribution in [0.4, 0.5) is 0 Å². The van der Waals surface area contributed by atoms with Gasteiger partial charge < -0.3 is 9.31 Å². The molecule has 90 valence electrons. The van der Waals surface area contributed by atoms with Gasteiger partial charge in [-0.3, -0.25) is 0 Å².